The van der Waals surface area contributed by atoms with Crippen molar-refractivity contribution in [2.75, 3.05) is 5.75 Å². The van der Waals surface area contributed by atoms with Gasteiger partial charge in [-0.1, -0.05) is 17.7 Å². The number of ketones is 2. The summed E-state index contributed by atoms with van der Waals surface area (Å²) in [5.41, 5.74) is 3.28. The molecule has 1 atom stereocenters. The Morgan fingerprint density at radius 3 is 2.30 bits per heavy atom. The molecule has 27 heavy (non-hydrogen) atoms. The van der Waals surface area contributed by atoms with E-state index in [0.717, 1.165) is 4.90 Å². The molecule has 1 N–H and O–H groups in total. The predicted molar refractivity (Wildman–Crippen MR) is 107 cm³/mol. The third kappa shape index (κ3) is 5.32. The number of Topliss-reactive ketones (excluding diaryl/α,β-unsaturated/α-hetero) is 2. The van der Waals surface area contributed by atoms with Crippen molar-refractivity contribution in [1.29, 1.82) is 0 Å². The number of nitrogens with one attached hydrogen (secondary N) is 1. The Kier molecular flexibility index (Phi) is 7.02. The Labute approximate surface area is 163 Å². The first kappa shape index (κ1) is 21.0. The maximum Gasteiger partial charge on any atom is 0.307 e. The van der Waals surface area contributed by atoms with Gasteiger partial charge < -0.3 is 9.72 Å². The lowest BCUT2D eigenvalue weighted by Crippen LogP contribution is -2.25. The first-order valence-corrected chi connectivity index (χ1v) is 9.82. The van der Waals surface area contributed by atoms with Crippen LogP contribution in [-0.4, -0.2) is 34.4 Å². The largest absolute Gasteiger partial charge is 0.454 e. The van der Waals surface area contributed by atoms with E-state index in [1.54, 1.807) is 32.5 Å². The van der Waals surface area contributed by atoms with Crippen molar-refractivity contribution in [2.45, 2.75) is 52.0 Å². The number of ether oxygens (including phenoxy) is 1. The molecule has 6 heteroatoms. The molecule has 1 aromatic carbocycles. The van der Waals surface area contributed by atoms with Gasteiger partial charge in [0, 0.05) is 21.9 Å². The van der Waals surface area contributed by atoms with E-state index in [9.17, 15) is 14.4 Å². The number of thioether (sulfide) groups is 1. The SMILES string of the molecule is CC(=O)c1c(C)[nH]c(C(=O)[C@H](C)OC(=O)CCSc2ccc(C)cc2)c1C. The average Bonchev–Trinajstić information content (AvgIpc) is 2.90. The fourth-order valence-corrected chi connectivity index (χ4v) is 3.76. The molecule has 144 valence electrons. The number of rotatable bonds is 8. The summed E-state index contributed by atoms with van der Waals surface area (Å²) in [7, 11) is 0. The monoisotopic (exact) mass is 387 g/mol. The second-order valence-electron chi connectivity index (χ2n) is 6.59. The molecule has 0 saturated carbocycles. The molecule has 2 aromatic rings. The van der Waals surface area contributed by atoms with E-state index in [2.05, 4.69) is 4.98 Å². The van der Waals surface area contributed by atoms with E-state index in [1.165, 1.54) is 12.5 Å². The Morgan fingerprint density at radius 2 is 1.74 bits per heavy atom. The van der Waals surface area contributed by atoms with Gasteiger partial charge in [-0.15, -0.1) is 11.8 Å². The molecule has 0 saturated heterocycles. The minimum absolute atomic E-state index is 0.0990. The highest BCUT2D eigenvalue weighted by atomic mass is 32.2. The minimum Gasteiger partial charge on any atom is -0.454 e. The molecule has 0 spiro atoms. The van der Waals surface area contributed by atoms with Gasteiger partial charge in [0.25, 0.3) is 0 Å². The topological polar surface area (TPSA) is 76.2 Å². The number of aromatic amines is 1. The van der Waals surface area contributed by atoms with Crippen LogP contribution in [0.3, 0.4) is 0 Å². The summed E-state index contributed by atoms with van der Waals surface area (Å²) >= 11 is 1.57. The second kappa shape index (κ2) is 9.04. The van der Waals surface area contributed by atoms with Crippen molar-refractivity contribution in [3.05, 3.63) is 52.3 Å². The lowest BCUT2D eigenvalue weighted by Gasteiger charge is -2.12. The summed E-state index contributed by atoms with van der Waals surface area (Å²) in [6.45, 7) is 8.51. The van der Waals surface area contributed by atoms with Crippen molar-refractivity contribution in [3.63, 3.8) is 0 Å². The van der Waals surface area contributed by atoms with Gasteiger partial charge in [0.05, 0.1) is 12.1 Å². The maximum atomic E-state index is 12.6. The third-order valence-electron chi connectivity index (χ3n) is 4.31. The molecule has 0 aliphatic carbocycles. The van der Waals surface area contributed by atoms with Crippen LogP contribution < -0.4 is 0 Å². The van der Waals surface area contributed by atoms with Gasteiger partial charge in [-0.25, -0.2) is 0 Å². The van der Waals surface area contributed by atoms with Crippen molar-refractivity contribution in [3.8, 4) is 0 Å². The highest BCUT2D eigenvalue weighted by molar-refractivity contribution is 7.99. The van der Waals surface area contributed by atoms with Crippen molar-refractivity contribution < 1.29 is 19.1 Å². The van der Waals surface area contributed by atoms with E-state index in [-0.39, 0.29) is 18.0 Å². The predicted octanol–water partition coefficient (Wildman–Crippen LogP) is 4.44. The first-order chi connectivity index (χ1) is 12.7. The molecular formula is C21H25NO4S. The quantitative estimate of drug-likeness (QED) is 0.412. The Bertz CT molecular complexity index is 852. The van der Waals surface area contributed by atoms with Gasteiger partial charge in [0.1, 0.15) is 0 Å². The molecule has 0 aliphatic rings. The van der Waals surface area contributed by atoms with Gasteiger partial charge in [-0.2, -0.15) is 0 Å². The molecule has 0 unspecified atom stereocenters. The van der Waals surface area contributed by atoms with Crippen LogP contribution in [0.15, 0.2) is 29.2 Å². The zero-order chi connectivity index (χ0) is 20.1. The van der Waals surface area contributed by atoms with Crippen LogP contribution in [0.4, 0.5) is 0 Å². The van der Waals surface area contributed by atoms with Gasteiger partial charge in [-0.05, 0) is 52.3 Å². The molecule has 0 radical (unpaired) electrons. The van der Waals surface area contributed by atoms with E-state index in [0.29, 0.717) is 28.3 Å². The molecule has 0 bridgehead atoms. The molecule has 0 fully saturated rings. The number of benzene rings is 1. The lowest BCUT2D eigenvalue weighted by atomic mass is 10.0. The molecule has 0 amide bonds. The van der Waals surface area contributed by atoms with Crippen molar-refractivity contribution in [1.82, 2.24) is 4.98 Å². The highest BCUT2D eigenvalue weighted by Crippen LogP contribution is 2.21. The van der Waals surface area contributed by atoms with Crippen LogP contribution in [0.1, 0.15) is 57.9 Å². The van der Waals surface area contributed by atoms with Gasteiger partial charge in [0.2, 0.25) is 5.78 Å². The van der Waals surface area contributed by atoms with E-state index in [1.807, 2.05) is 31.2 Å². The third-order valence-corrected chi connectivity index (χ3v) is 5.32. The number of carbonyl (C=O) groups excluding carboxylic acids is 3. The van der Waals surface area contributed by atoms with Gasteiger partial charge in [-0.3, -0.25) is 14.4 Å². The number of carbonyl (C=O) groups is 3. The van der Waals surface area contributed by atoms with E-state index in [4.69, 9.17) is 4.74 Å². The molecule has 1 heterocycles. The van der Waals surface area contributed by atoms with Crippen LogP contribution in [-0.2, 0) is 9.53 Å². The summed E-state index contributed by atoms with van der Waals surface area (Å²) in [6, 6.07) is 8.08. The molecule has 0 aliphatic heterocycles. The summed E-state index contributed by atoms with van der Waals surface area (Å²) < 4.78 is 5.28. The maximum absolute atomic E-state index is 12.6. The summed E-state index contributed by atoms with van der Waals surface area (Å²) in [4.78, 5) is 40.4. The Balaban J connectivity index is 1.90. The number of hydrogen-bond acceptors (Lipinski definition) is 5. The standard InChI is InChI=1S/C21H25NO4S/c1-12-6-8-17(9-7-12)27-11-10-18(24)26-16(5)21(25)20-13(2)19(15(4)23)14(3)22-20/h6-9,16,22H,10-11H2,1-5H3/t16-/m0/s1. The highest BCUT2D eigenvalue weighted by Gasteiger charge is 2.25. The van der Waals surface area contributed by atoms with Crippen LogP contribution >= 0.6 is 11.8 Å². The van der Waals surface area contributed by atoms with Crippen molar-refractivity contribution >= 4 is 29.3 Å². The second-order valence-corrected chi connectivity index (χ2v) is 7.76. The number of esters is 1. The summed E-state index contributed by atoms with van der Waals surface area (Å²) in [5.74, 6) is -0.262. The van der Waals surface area contributed by atoms with Crippen LogP contribution in [0.5, 0.6) is 0 Å². The molecule has 1 aromatic heterocycles. The zero-order valence-corrected chi connectivity index (χ0v) is 17.2. The molecule has 5 nitrogen and oxygen atoms in total. The zero-order valence-electron chi connectivity index (χ0n) is 16.3. The Morgan fingerprint density at radius 1 is 1.11 bits per heavy atom. The lowest BCUT2D eigenvalue weighted by molar-refractivity contribution is -0.145. The van der Waals surface area contributed by atoms with Crippen LogP contribution in [0.2, 0.25) is 0 Å². The number of aromatic nitrogens is 1. The first-order valence-electron chi connectivity index (χ1n) is 8.84. The molecule has 2 rings (SSSR count). The van der Waals surface area contributed by atoms with Gasteiger partial charge >= 0.3 is 5.97 Å². The fraction of sp³-hybridized carbons (Fsp3) is 0.381. The van der Waals surface area contributed by atoms with E-state index >= 15 is 0 Å². The van der Waals surface area contributed by atoms with E-state index < -0.39 is 12.1 Å². The normalized spacial score (nSPS) is 11.9. The molecular weight excluding hydrogens is 362 g/mol. The summed E-state index contributed by atoms with van der Waals surface area (Å²) in [6.07, 6.45) is -0.684. The van der Waals surface area contributed by atoms with Crippen molar-refractivity contribution in [2.24, 2.45) is 0 Å². The summed E-state index contributed by atoms with van der Waals surface area (Å²) in [5, 5.41) is 0. The number of H-pyrrole nitrogens is 1. The van der Waals surface area contributed by atoms with Crippen LogP contribution in [0.25, 0.3) is 0 Å². The Hall–Kier alpha value is -2.34. The average molecular weight is 388 g/mol. The smallest absolute Gasteiger partial charge is 0.307 e. The minimum atomic E-state index is -0.904. The van der Waals surface area contributed by atoms with Gasteiger partial charge in [0.15, 0.2) is 11.9 Å². The fourth-order valence-electron chi connectivity index (χ4n) is 2.92. The number of aryl methyl sites for hydroxylation is 2. The number of hydrogen-bond donors (Lipinski definition) is 1. The van der Waals surface area contributed by atoms with Crippen LogP contribution in [0, 0.1) is 20.8 Å².